The third-order valence-corrected chi connectivity index (χ3v) is 4.65. The molecule has 0 aliphatic carbocycles. The number of benzene rings is 2. The van der Waals surface area contributed by atoms with Gasteiger partial charge in [0.05, 0.1) is 17.5 Å². The van der Waals surface area contributed by atoms with Crippen molar-refractivity contribution in [3.05, 3.63) is 74.8 Å². The number of aromatic amines is 1. The van der Waals surface area contributed by atoms with Gasteiger partial charge in [-0.1, -0.05) is 43.7 Å². The van der Waals surface area contributed by atoms with Crippen LogP contribution in [-0.4, -0.2) is 22.0 Å². The molecule has 0 atom stereocenters. The standard InChI is InChI=1S/C21H18N2O4/c1-2-3-12-27-21(26)17-13-8-4-5-9-14(13)20(25)23-16-11-7-6-10-15(16)19(24)22-18(17)23/h4-11H,2-3,12H2,1H3,(H,22,24). The van der Waals surface area contributed by atoms with Gasteiger partial charge in [0.2, 0.25) is 0 Å². The van der Waals surface area contributed by atoms with Crippen molar-refractivity contribution in [2.45, 2.75) is 19.8 Å². The number of nitrogens with one attached hydrogen (secondary N) is 1. The molecule has 0 amide bonds. The Labute approximate surface area is 154 Å². The first-order valence-corrected chi connectivity index (χ1v) is 8.89. The molecule has 0 unspecified atom stereocenters. The molecule has 136 valence electrons. The second kappa shape index (κ2) is 6.72. The minimum absolute atomic E-state index is 0.156. The van der Waals surface area contributed by atoms with Gasteiger partial charge in [-0.05, 0) is 24.6 Å². The number of pyridine rings is 1. The number of H-pyrrole nitrogens is 1. The van der Waals surface area contributed by atoms with Crippen molar-refractivity contribution in [3.63, 3.8) is 0 Å². The van der Waals surface area contributed by atoms with Crippen molar-refractivity contribution in [3.8, 4) is 0 Å². The number of carbonyl (C=O) groups is 1. The number of para-hydroxylation sites is 1. The highest BCUT2D eigenvalue weighted by molar-refractivity contribution is 6.10. The lowest BCUT2D eigenvalue weighted by Gasteiger charge is -2.13. The summed E-state index contributed by atoms with van der Waals surface area (Å²) in [6, 6.07) is 13.7. The normalized spacial score (nSPS) is 11.3. The molecule has 6 heteroatoms. The van der Waals surface area contributed by atoms with Gasteiger partial charge < -0.3 is 9.72 Å². The average Bonchev–Trinajstić information content (AvgIpc) is 2.68. The number of esters is 1. The van der Waals surface area contributed by atoms with E-state index in [-0.39, 0.29) is 28.9 Å². The number of fused-ring (bicyclic) bond motifs is 4. The summed E-state index contributed by atoms with van der Waals surface area (Å²) in [5.41, 5.74) is 0.156. The van der Waals surface area contributed by atoms with E-state index in [0.717, 1.165) is 12.8 Å². The zero-order chi connectivity index (χ0) is 19.0. The number of rotatable bonds is 4. The van der Waals surface area contributed by atoms with Crippen molar-refractivity contribution < 1.29 is 9.53 Å². The lowest BCUT2D eigenvalue weighted by atomic mass is 10.1. The summed E-state index contributed by atoms with van der Waals surface area (Å²) in [4.78, 5) is 41.2. The molecule has 27 heavy (non-hydrogen) atoms. The SMILES string of the molecule is CCCCOC(=O)c1c2ccccc2c(=O)n2c1[nH]c(=O)c1ccccc12. The number of unbranched alkanes of at least 4 members (excludes halogenated alkanes) is 1. The van der Waals surface area contributed by atoms with Crippen LogP contribution in [0.3, 0.4) is 0 Å². The van der Waals surface area contributed by atoms with Crippen LogP contribution in [0.25, 0.3) is 27.3 Å². The molecule has 2 aromatic heterocycles. The molecule has 6 nitrogen and oxygen atoms in total. The van der Waals surface area contributed by atoms with E-state index >= 15 is 0 Å². The minimum atomic E-state index is -0.553. The third-order valence-electron chi connectivity index (χ3n) is 4.65. The Balaban J connectivity index is 2.16. The maximum Gasteiger partial charge on any atom is 0.342 e. The van der Waals surface area contributed by atoms with E-state index in [1.807, 2.05) is 6.92 Å². The van der Waals surface area contributed by atoms with Gasteiger partial charge in [-0.15, -0.1) is 0 Å². The van der Waals surface area contributed by atoms with Crippen LogP contribution >= 0.6 is 0 Å². The molecule has 0 spiro atoms. The highest BCUT2D eigenvalue weighted by Crippen LogP contribution is 2.22. The third kappa shape index (κ3) is 2.70. The first-order chi connectivity index (χ1) is 13.1. The predicted molar refractivity (Wildman–Crippen MR) is 104 cm³/mol. The summed E-state index contributed by atoms with van der Waals surface area (Å²) in [6.45, 7) is 2.29. The van der Waals surface area contributed by atoms with Crippen molar-refractivity contribution in [1.29, 1.82) is 0 Å². The number of hydrogen-bond acceptors (Lipinski definition) is 4. The monoisotopic (exact) mass is 362 g/mol. The quantitative estimate of drug-likeness (QED) is 0.262. The van der Waals surface area contributed by atoms with Gasteiger partial charge in [0, 0.05) is 10.8 Å². The van der Waals surface area contributed by atoms with E-state index in [1.54, 1.807) is 48.5 Å². The van der Waals surface area contributed by atoms with Crippen LogP contribution in [0.2, 0.25) is 0 Å². The molecule has 4 rings (SSSR count). The highest BCUT2D eigenvalue weighted by atomic mass is 16.5. The molecule has 0 aliphatic rings. The molecule has 0 bridgehead atoms. The van der Waals surface area contributed by atoms with E-state index in [9.17, 15) is 14.4 Å². The van der Waals surface area contributed by atoms with E-state index in [1.165, 1.54) is 4.40 Å². The van der Waals surface area contributed by atoms with Crippen LogP contribution in [0.4, 0.5) is 0 Å². The molecule has 2 heterocycles. The number of carbonyl (C=O) groups excluding carboxylic acids is 1. The molecule has 0 saturated carbocycles. The molecule has 4 aromatic rings. The van der Waals surface area contributed by atoms with Gasteiger partial charge in [-0.2, -0.15) is 0 Å². The topological polar surface area (TPSA) is 80.6 Å². The van der Waals surface area contributed by atoms with Crippen LogP contribution in [0, 0.1) is 0 Å². The minimum Gasteiger partial charge on any atom is -0.462 e. The van der Waals surface area contributed by atoms with Crippen molar-refractivity contribution in [1.82, 2.24) is 9.38 Å². The number of nitrogens with zero attached hydrogens (tertiary/aromatic N) is 1. The summed E-state index contributed by atoms with van der Waals surface area (Å²) in [6.07, 6.45) is 1.64. The Morgan fingerprint density at radius 3 is 2.41 bits per heavy atom. The van der Waals surface area contributed by atoms with E-state index in [4.69, 9.17) is 4.74 Å². The van der Waals surface area contributed by atoms with Gasteiger partial charge in [0.1, 0.15) is 11.2 Å². The Bertz CT molecular complexity index is 1300. The second-order valence-corrected chi connectivity index (χ2v) is 6.37. The van der Waals surface area contributed by atoms with Gasteiger partial charge in [-0.3, -0.25) is 14.0 Å². The second-order valence-electron chi connectivity index (χ2n) is 6.37. The summed E-state index contributed by atoms with van der Waals surface area (Å²) in [5.74, 6) is -0.553. The van der Waals surface area contributed by atoms with Crippen LogP contribution < -0.4 is 11.1 Å². The molecular formula is C21H18N2O4. The van der Waals surface area contributed by atoms with E-state index < -0.39 is 5.97 Å². The molecule has 0 radical (unpaired) electrons. The molecule has 0 fully saturated rings. The van der Waals surface area contributed by atoms with Crippen LogP contribution in [0.1, 0.15) is 30.1 Å². The summed E-state index contributed by atoms with van der Waals surface area (Å²) in [7, 11) is 0. The fourth-order valence-corrected chi connectivity index (χ4v) is 3.32. The Morgan fingerprint density at radius 2 is 1.67 bits per heavy atom. The fourth-order valence-electron chi connectivity index (χ4n) is 3.32. The maximum atomic E-state index is 13.1. The molecule has 2 aromatic carbocycles. The van der Waals surface area contributed by atoms with Gasteiger partial charge in [0.25, 0.3) is 11.1 Å². The van der Waals surface area contributed by atoms with Crippen LogP contribution in [0.5, 0.6) is 0 Å². The van der Waals surface area contributed by atoms with E-state index in [0.29, 0.717) is 21.7 Å². The predicted octanol–water partition coefficient (Wildman–Crippen LogP) is 3.25. The fraction of sp³-hybridized carbons (Fsp3) is 0.190. The summed E-state index contributed by atoms with van der Waals surface area (Å²) >= 11 is 0. The van der Waals surface area contributed by atoms with Gasteiger partial charge >= 0.3 is 5.97 Å². The van der Waals surface area contributed by atoms with Crippen LogP contribution in [0.15, 0.2) is 58.1 Å². The average molecular weight is 362 g/mol. The zero-order valence-corrected chi connectivity index (χ0v) is 14.8. The molecule has 0 saturated heterocycles. The zero-order valence-electron chi connectivity index (χ0n) is 14.8. The Kier molecular flexibility index (Phi) is 4.24. The molecular weight excluding hydrogens is 344 g/mol. The first kappa shape index (κ1) is 17.0. The number of ether oxygens (including phenoxy) is 1. The van der Waals surface area contributed by atoms with Gasteiger partial charge in [-0.25, -0.2) is 4.79 Å². The summed E-state index contributed by atoms with van der Waals surface area (Å²) in [5, 5.41) is 1.25. The highest BCUT2D eigenvalue weighted by Gasteiger charge is 2.21. The largest absolute Gasteiger partial charge is 0.462 e. The lowest BCUT2D eigenvalue weighted by Crippen LogP contribution is -2.24. The van der Waals surface area contributed by atoms with Crippen molar-refractivity contribution >= 4 is 33.3 Å². The Morgan fingerprint density at radius 1 is 1.00 bits per heavy atom. The Hall–Kier alpha value is -3.41. The van der Waals surface area contributed by atoms with E-state index in [2.05, 4.69) is 4.98 Å². The lowest BCUT2D eigenvalue weighted by molar-refractivity contribution is 0.0503. The smallest absolute Gasteiger partial charge is 0.342 e. The number of hydrogen-bond donors (Lipinski definition) is 1. The maximum absolute atomic E-state index is 13.1. The number of aromatic nitrogens is 2. The molecule has 1 N–H and O–H groups in total. The summed E-state index contributed by atoms with van der Waals surface area (Å²) < 4.78 is 6.78. The van der Waals surface area contributed by atoms with Crippen molar-refractivity contribution in [2.75, 3.05) is 6.61 Å². The molecule has 0 aliphatic heterocycles. The first-order valence-electron chi connectivity index (χ1n) is 8.89. The van der Waals surface area contributed by atoms with Gasteiger partial charge in [0.15, 0.2) is 0 Å². The van der Waals surface area contributed by atoms with Crippen molar-refractivity contribution in [2.24, 2.45) is 0 Å². The van der Waals surface area contributed by atoms with Crippen LogP contribution in [-0.2, 0) is 4.74 Å².